The maximum absolute atomic E-state index is 11.4. The number of isocyanates is 1. The Hall–Kier alpha value is -2.53. The van der Waals surface area contributed by atoms with Gasteiger partial charge in [0, 0.05) is 6.54 Å². The lowest BCUT2D eigenvalue weighted by atomic mass is 10.0. The highest BCUT2D eigenvalue weighted by Crippen LogP contribution is 2.30. The summed E-state index contributed by atoms with van der Waals surface area (Å²) < 4.78 is 10.5. The first-order valence-electron chi connectivity index (χ1n) is 6.39. The van der Waals surface area contributed by atoms with Crippen LogP contribution in [0.15, 0.2) is 17.1 Å². The van der Waals surface area contributed by atoms with Gasteiger partial charge in [-0.3, -0.25) is 0 Å². The Balaban J connectivity index is 2.55. The van der Waals surface area contributed by atoms with Crippen molar-refractivity contribution in [2.24, 2.45) is 4.99 Å². The molecule has 2 amide bonds. The van der Waals surface area contributed by atoms with Crippen LogP contribution in [-0.4, -0.2) is 39.5 Å². The summed E-state index contributed by atoms with van der Waals surface area (Å²) in [7, 11) is 3.17. The van der Waals surface area contributed by atoms with E-state index in [0.717, 1.165) is 11.1 Å². The first-order valence-corrected chi connectivity index (χ1v) is 6.39. The average molecular weight is 293 g/mol. The average Bonchev–Trinajstić information content (AvgIpc) is 2.48. The molecule has 0 atom stereocenters. The van der Waals surface area contributed by atoms with Gasteiger partial charge in [0.1, 0.15) is 6.67 Å². The largest absolute Gasteiger partial charge is 0.493 e. The molecular formula is C14H19N3O4. The molecule has 0 aliphatic heterocycles. The zero-order valence-corrected chi connectivity index (χ0v) is 12.4. The fourth-order valence-electron chi connectivity index (χ4n) is 1.81. The molecule has 0 aromatic heterocycles. The van der Waals surface area contributed by atoms with Gasteiger partial charge in [0.15, 0.2) is 11.5 Å². The predicted molar refractivity (Wildman–Crippen MR) is 77.5 cm³/mol. The van der Waals surface area contributed by atoms with Crippen LogP contribution < -0.4 is 20.1 Å². The SMILES string of the molecule is COc1cc(C)c(CCNC(=O)NCN=C=O)cc1OC. The van der Waals surface area contributed by atoms with E-state index >= 15 is 0 Å². The van der Waals surface area contributed by atoms with E-state index < -0.39 is 0 Å². The van der Waals surface area contributed by atoms with E-state index in [0.29, 0.717) is 24.5 Å². The van der Waals surface area contributed by atoms with Crippen LogP contribution in [0, 0.1) is 6.92 Å². The molecule has 7 nitrogen and oxygen atoms in total. The lowest BCUT2D eigenvalue weighted by Gasteiger charge is -2.13. The summed E-state index contributed by atoms with van der Waals surface area (Å²) in [6, 6.07) is 3.41. The monoisotopic (exact) mass is 293 g/mol. The minimum atomic E-state index is -0.382. The van der Waals surface area contributed by atoms with Gasteiger partial charge in [-0.15, -0.1) is 0 Å². The lowest BCUT2D eigenvalue weighted by molar-refractivity contribution is 0.241. The van der Waals surface area contributed by atoms with Gasteiger partial charge in [0.2, 0.25) is 6.08 Å². The third-order valence-electron chi connectivity index (χ3n) is 2.91. The van der Waals surface area contributed by atoms with Crippen LogP contribution in [0.4, 0.5) is 4.79 Å². The van der Waals surface area contributed by atoms with Crippen molar-refractivity contribution < 1.29 is 19.1 Å². The quantitative estimate of drug-likeness (QED) is 0.583. The maximum Gasteiger partial charge on any atom is 0.316 e. The number of benzene rings is 1. The number of aliphatic imine (C=N–C) groups is 1. The van der Waals surface area contributed by atoms with Gasteiger partial charge >= 0.3 is 6.03 Å². The van der Waals surface area contributed by atoms with Crippen LogP contribution in [0.3, 0.4) is 0 Å². The zero-order valence-electron chi connectivity index (χ0n) is 12.4. The minimum Gasteiger partial charge on any atom is -0.493 e. The molecule has 0 saturated carbocycles. The second-order valence-electron chi connectivity index (χ2n) is 4.22. The molecule has 7 heteroatoms. The van der Waals surface area contributed by atoms with Gasteiger partial charge in [-0.2, -0.15) is 4.99 Å². The molecule has 0 heterocycles. The van der Waals surface area contributed by atoms with Gasteiger partial charge in [-0.05, 0) is 36.6 Å². The van der Waals surface area contributed by atoms with Gasteiger partial charge in [0.25, 0.3) is 0 Å². The van der Waals surface area contributed by atoms with Crippen molar-refractivity contribution >= 4 is 12.1 Å². The number of urea groups is 1. The molecule has 2 N–H and O–H groups in total. The summed E-state index contributed by atoms with van der Waals surface area (Å²) in [6.45, 7) is 2.34. The number of methoxy groups -OCH3 is 2. The van der Waals surface area contributed by atoms with E-state index in [2.05, 4.69) is 15.6 Å². The van der Waals surface area contributed by atoms with Crippen LogP contribution >= 0.6 is 0 Å². The molecule has 0 bridgehead atoms. The van der Waals surface area contributed by atoms with Crippen LogP contribution in [0.5, 0.6) is 11.5 Å². The third-order valence-corrected chi connectivity index (χ3v) is 2.91. The summed E-state index contributed by atoms with van der Waals surface area (Å²) in [6.07, 6.45) is 1.99. The van der Waals surface area contributed by atoms with Crippen molar-refractivity contribution in [2.75, 3.05) is 27.4 Å². The fraction of sp³-hybridized carbons (Fsp3) is 0.429. The van der Waals surface area contributed by atoms with Crippen LogP contribution in [-0.2, 0) is 11.2 Å². The number of hydrogen-bond donors (Lipinski definition) is 2. The molecule has 0 aliphatic rings. The molecule has 0 saturated heterocycles. The molecule has 1 aromatic carbocycles. The molecule has 0 fully saturated rings. The Morgan fingerprint density at radius 2 is 1.90 bits per heavy atom. The number of amides is 2. The standard InChI is InChI=1S/C14H19N3O4/c1-10-6-12(20-2)13(21-3)7-11(10)4-5-16-14(19)17-8-15-9-18/h6-7H,4-5,8H2,1-3H3,(H2,16,17,19). The Bertz CT molecular complexity index is 539. The summed E-state index contributed by atoms with van der Waals surface area (Å²) >= 11 is 0. The second-order valence-corrected chi connectivity index (χ2v) is 4.22. The van der Waals surface area contributed by atoms with Gasteiger partial charge in [-0.1, -0.05) is 0 Å². The molecule has 1 aromatic rings. The molecule has 0 spiro atoms. The van der Waals surface area contributed by atoms with Crippen molar-refractivity contribution in [3.05, 3.63) is 23.3 Å². The van der Waals surface area contributed by atoms with Crippen molar-refractivity contribution in [3.63, 3.8) is 0 Å². The van der Waals surface area contributed by atoms with E-state index in [-0.39, 0.29) is 12.7 Å². The number of hydrogen-bond acceptors (Lipinski definition) is 5. The number of nitrogens with zero attached hydrogens (tertiary/aromatic N) is 1. The summed E-state index contributed by atoms with van der Waals surface area (Å²) in [5.74, 6) is 1.33. The van der Waals surface area contributed by atoms with Crippen molar-refractivity contribution in [2.45, 2.75) is 13.3 Å². The van der Waals surface area contributed by atoms with Crippen LogP contribution in [0.1, 0.15) is 11.1 Å². The Morgan fingerprint density at radius 1 is 1.24 bits per heavy atom. The summed E-state index contributed by atoms with van der Waals surface area (Å²) in [5, 5.41) is 5.07. The molecule has 114 valence electrons. The predicted octanol–water partition coefficient (Wildman–Crippen LogP) is 1.15. The number of nitrogens with one attached hydrogen (secondary N) is 2. The van der Waals surface area contributed by atoms with Gasteiger partial charge in [-0.25, -0.2) is 9.59 Å². The molecule has 0 aliphatic carbocycles. The smallest absolute Gasteiger partial charge is 0.316 e. The van der Waals surface area contributed by atoms with Crippen molar-refractivity contribution in [1.82, 2.24) is 10.6 Å². The zero-order chi connectivity index (χ0) is 15.7. The highest BCUT2D eigenvalue weighted by atomic mass is 16.5. The van der Waals surface area contributed by atoms with Crippen molar-refractivity contribution in [1.29, 1.82) is 0 Å². The number of rotatable bonds is 7. The van der Waals surface area contributed by atoms with E-state index in [1.165, 1.54) is 6.08 Å². The highest BCUT2D eigenvalue weighted by Gasteiger charge is 2.08. The topological polar surface area (TPSA) is 89.0 Å². The highest BCUT2D eigenvalue weighted by molar-refractivity contribution is 5.73. The molecular weight excluding hydrogens is 274 g/mol. The molecule has 0 unspecified atom stereocenters. The third kappa shape index (κ3) is 5.16. The summed E-state index contributed by atoms with van der Waals surface area (Å²) in [5.41, 5.74) is 2.11. The van der Waals surface area contributed by atoms with Crippen LogP contribution in [0.25, 0.3) is 0 Å². The number of ether oxygens (including phenoxy) is 2. The number of carbonyl (C=O) groups is 1. The van der Waals surface area contributed by atoms with E-state index in [4.69, 9.17) is 9.47 Å². The summed E-state index contributed by atoms with van der Waals surface area (Å²) in [4.78, 5) is 24.4. The number of aryl methyl sites for hydroxylation is 1. The maximum atomic E-state index is 11.4. The van der Waals surface area contributed by atoms with Gasteiger partial charge in [0.05, 0.1) is 14.2 Å². The number of carbonyl (C=O) groups excluding carboxylic acids is 2. The van der Waals surface area contributed by atoms with E-state index in [9.17, 15) is 9.59 Å². The van der Waals surface area contributed by atoms with Crippen LogP contribution in [0.2, 0.25) is 0 Å². The Labute approximate surface area is 123 Å². The molecule has 21 heavy (non-hydrogen) atoms. The lowest BCUT2D eigenvalue weighted by Crippen LogP contribution is -2.36. The van der Waals surface area contributed by atoms with Gasteiger partial charge < -0.3 is 20.1 Å². The molecule has 1 rings (SSSR count). The van der Waals surface area contributed by atoms with E-state index in [1.54, 1.807) is 14.2 Å². The minimum absolute atomic E-state index is 0.0787. The Kier molecular flexibility index (Phi) is 6.77. The van der Waals surface area contributed by atoms with E-state index in [1.807, 2.05) is 19.1 Å². The fourth-order valence-corrected chi connectivity index (χ4v) is 1.81. The first-order chi connectivity index (χ1) is 10.1. The normalized spacial score (nSPS) is 9.48. The van der Waals surface area contributed by atoms with Crippen molar-refractivity contribution in [3.8, 4) is 11.5 Å². The first kappa shape index (κ1) is 16.5. The Morgan fingerprint density at radius 3 is 2.52 bits per heavy atom. The molecule has 0 radical (unpaired) electrons. The second kappa shape index (κ2) is 8.60.